The molecule has 22 heavy (non-hydrogen) atoms. The Labute approximate surface area is 135 Å². The zero-order valence-corrected chi connectivity index (χ0v) is 13.4. The van der Waals surface area contributed by atoms with Crippen molar-refractivity contribution in [1.82, 2.24) is 5.32 Å². The number of benzene rings is 2. The third kappa shape index (κ3) is 3.63. The predicted octanol–water partition coefficient (Wildman–Crippen LogP) is 3.73. The van der Waals surface area contributed by atoms with Gasteiger partial charge in [0.25, 0.3) is 5.91 Å². The first-order valence-electron chi connectivity index (χ1n) is 7.43. The van der Waals surface area contributed by atoms with Crippen molar-refractivity contribution in [1.29, 1.82) is 0 Å². The summed E-state index contributed by atoms with van der Waals surface area (Å²) in [6, 6.07) is 16.1. The molecule has 0 radical (unpaired) electrons. The number of carbonyl (C=O) groups is 1. The Morgan fingerprint density at radius 1 is 1.27 bits per heavy atom. The van der Waals surface area contributed by atoms with Crippen LogP contribution < -0.4 is 10.1 Å². The summed E-state index contributed by atoms with van der Waals surface area (Å²) in [6.45, 7) is 2.05. The van der Waals surface area contributed by atoms with Crippen LogP contribution in [0.5, 0.6) is 5.75 Å². The van der Waals surface area contributed by atoms with E-state index in [0.717, 1.165) is 23.5 Å². The second kappa shape index (κ2) is 6.88. The van der Waals surface area contributed by atoms with Crippen LogP contribution in [0.25, 0.3) is 0 Å². The molecule has 0 fully saturated rings. The molecule has 114 valence electrons. The van der Waals surface area contributed by atoms with Gasteiger partial charge in [-0.2, -0.15) is 0 Å². The summed E-state index contributed by atoms with van der Waals surface area (Å²) in [6.07, 6.45) is 0.956. The van der Waals surface area contributed by atoms with Crippen molar-refractivity contribution in [2.24, 2.45) is 0 Å². The zero-order valence-electron chi connectivity index (χ0n) is 12.5. The lowest BCUT2D eigenvalue weighted by Crippen LogP contribution is -2.34. The molecule has 0 bridgehead atoms. The number of nitrogens with one attached hydrogen (secondary N) is 1. The minimum atomic E-state index is -0.0757. The van der Waals surface area contributed by atoms with Gasteiger partial charge < -0.3 is 10.1 Å². The van der Waals surface area contributed by atoms with Crippen LogP contribution in [0.3, 0.4) is 0 Å². The molecule has 2 aromatic rings. The van der Waals surface area contributed by atoms with E-state index < -0.39 is 0 Å². The Kier molecular flexibility index (Phi) is 4.68. The first-order chi connectivity index (χ1) is 10.7. The van der Waals surface area contributed by atoms with Crippen LogP contribution in [0.15, 0.2) is 53.4 Å². The largest absolute Gasteiger partial charge is 0.484 e. The quantitative estimate of drug-likeness (QED) is 0.935. The fourth-order valence-electron chi connectivity index (χ4n) is 2.58. The molecule has 1 heterocycles. The number of hydrogen-bond acceptors (Lipinski definition) is 3. The predicted molar refractivity (Wildman–Crippen MR) is 89.3 cm³/mol. The van der Waals surface area contributed by atoms with Gasteiger partial charge in [-0.05, 0) is 42.7 Å². The van der Waals surface area contributed by atoms with Crippen LogP contribution in [0.4, 0.5) is 0 Å². The third-order valence-corrected chi connectivity index (χ3v) is 4.78. The van der Waals surface area contributed by atoms with E-state index in [1.807, 2.05) is 55.1 Å². The van der Waals surface area contributed by atoms with E-state index in [2.05, 4.69) is 17.4 Å². The van der Waals surface area contributed by atoms with Crippen LogP contribution in [0.1, 0.15) is 23.6 Å². The summed E-state index contributed by atoms with van der Waals surface area (Å²) in [4.78, 5) is 13.4. The lowest BCUT2D eigenvalue weighted by Gasteiger charge is -2.25. The van der Waals surface area contributed by atoms with Crippen LogP contribution in [0, 0.1) is 6.92 Å². The molecule has 0 saturated heterocycles. The summed E-state index contributed by atoms with van der Waals surface area (Å²) in [5.74, 6) is 1.68. The Morgan fingerprint density at radius 2 is 2.14 bits per heavy atom. The maximum Gasteiger partial charge on any atom is 0.258 e. The highest BCUT2D eigenvalue weighted by atomic mass is 32.2. The van der Waals surface area contributed by atoms with Gasteiger partial charge in [-0.25, -0.2) is 0 Å². The maximum absolute atomic E-state index is 12.1. The molecule has 1 N–H and O–H groups in total. The van der Waals surface area contributed by atoms with E-state index in [4.69, 9.17) is 4.74 Å². The van der Waals surface area contributed by atoms with Gasteiger partial charge in [0.05, 0.1) is 6.04 Å². The molecule has 1 amide bonds. The summed E-state index contributed by atoms with van der Waals surface area (Å²) >= 11 is 1.85. The molecule has 1 atom stereocenters. The number of carbonyl (C=O) groups excluding carboxylic acids is 1. The highest BCUT2D eigenvalue weighted by molar-refractivity contribution is 7.99. The molecule has 2 aromatic carbocycles. The van der Waals surface area contributed by atoms with Crippen molar-refractivity contribution in [3.8, 4) is 5.75 Å². The van der Waals surface area contributed by atoms with E-state index in [-0.39, 0.29) is 18.6 Å². The fraction of sp³-hybridized carbons (Fsp3) is 0.278. The molecule has 4 heteroatoms. The van der Waals surface area contributed by atoms with E-state index >= 15 is 0 Å². The Bertz CT molecular complexity index is 672. The van der Waals surface area contributed by atoms with Gasteiger partial charge in [0.1, 0.15) is 5.75 Å². The summed E-state index contributed by atoms with van der Waals surface area (Å²) in [5.41, 5.74) is 2.33. The van der Waals surface area contributed by atoms with Crippen molar-refractivity contribution in [2.75, 3.05) is 12.4 Å². The lowest BCUT2D eigenvalue weighted by atomic mass is 10.0. The van der Waals surface area contributed by atoms with Crippen molar-refractivity contribution in [3.63, 3.8) is 0 Å². The number of thioether (sulfide) groups is 1. The number of fused-ring (bicyclic) bond motifs is 1. The van der Waals surface area contributed by atoms with E-state index in [1.54, 1.807) is 0 Å². The second-order valence-electron chi connectivity index (χ2n) is 5.40. The molecule has 1 unspecified atom stereocenters. The minimum Gasteiger partial charge on any atom is -0.484 e. The zero-order chi connectivity index (χ0) is 15.4. The van der Waals surface area contributed by atoms with E-state index in [0.29, 0.717) is 0 Å². The maximum atomic E-state index is 12.1. The van der Waals surface area contributed by atoms with Gasteiger partial charge in [-0.1, -0.05) is 30.3 Å². The normalized spacial score (nSPS) is 16.7. The summed E-state index contributed by atoms with van der Waals surface area (Å²) in [5, 5.41) is 3.08. The standard InChI is InChI=1S/C18H19NO2S/c1-13-5-4-6-14(11-13)21-12-18(20)19-16-9-10-22-17-8-3-2-7-15(16)17/h2-8,11,16H,9-10,12H2,1H3,(H,19,20). The summed E-state index contributed by atoms with van der Waals surface area (Å²) in [7, 11) is 0. The average Bonchev–Trinajstić information content (AvgIpc) is 2.53. The first-order valence-corrected chi connectivity index (χ1v) is 8.41. The Balaban J connectivity index is 1.59. The summed E-state index contributed by atoms with van der Waals surface area (Å²) < 4.78 is 5.56. The fourth-order valence-corrected chi connectivity index (χ4v) is 3.71. The lowest BCUT2D eigenvalue weighted by molar-refractivity contribution is -0.123. The van der Waals surface area contributed by atoms with Crippen LogP contribution in [-0.2, 0) is 4.79 Å². The van der Waals surface area contributed by atoms with Crippen molar-refractivity contribution >= 4 is 17.7 Å². The molecule has 0 spiro atoms. The molecule has 3 nitrogen and oxygen atoms in total. The van der Waals surface area contributed by atoms with Crippen molar-refractivity contribution < 1.29 is 9.53 Å². The molecular weight excluding hydrogens is 294 g/mol. The molecule has 0 aromatic heterocycles. The van der Waals surface area contributed by atoms with Gasteiger partial charge in [0, 0.05) is 10.6 Å². The SMILES string of the molecule is Cc1cccc(OCC(=O)NC2CCSc3ccccc32)c1. The minimum absolute atomic E-state index is 0.0509. The highest BCUT2D eigenvalue weighted by Crippen LogP contribution is 2.35. The molecule has 3 rings (SSSR count). The van der Waals surface area contributed by atoms with Gasteiger partial charge in [0.15, 0.2) is 6.61 Å². The van der Waals surface area contributed by atoms with Crippen LogP contribution in [0.2, 0.25) is 0 Å². The second-order valence-corrected chi connectivity index (χ2v) is 6.54. The molecule has 1 aliphatic heterocycles. The Hall–Kier alpha value is -1.94. The Morgan fingerprint density at radius 3 is 3.00 bits per heavy atom. The molecule has 0 aliphatic carbocycles. The third-order valence-electron chi connectivity index (χ3n) is 3.65. The van der Waals surface area contributed by atoms with E-state index in [1.165, 1.54) is 10.5 Å². The molecular formula is C18H19NO2S. The highest BCUT2D eigenvalue weighted by Gasteiger charge is 2.21. The number of aryl methyl sites for hydroxylation is 1. The van der Waals surface area contributed by atoms with E-state index in [9.17, 15) is 4.79 Å². The number of rotatable bonds is 4. The van der Waals surface area contributed by atoms with Gasteiger partial charge in [0.2, 0.25) is 0 Å². The van der Waals surface area contributed by atoms with Crippen LogP contribution >= 0.6 is 11.8 Å². The van der Waals surface area contributed by atoms with Crippen molar-refractivity contribution in [3.05, 3.63) is 59.7 Å². The van der Waals surface area contributed by atoms with Gasteiger partial charge >= 0.3 is 0 Å². The van der Waals surface area contributed by atoms with Crippen molar-refractivity contribution in [2.45, 2.75) is 24.3 Å². The first kappa shape index (κ1) is 15.0. The van der Waals surface area contributed by atoms with Crippen LogP contribution in [-0.4, -0.2) is 18.3 Å². The average molecular weight is 313 g/mol. The molecule has 1 aliphatic rings. The van der Waals surface area contributed by atoms with Gasteiger partial charge in [-0.3, -0.25) is 4.79 Å². The number of hydrogen-bond donors (Lipinski definition) is 1. The molecule has 0 saturated carbocycles. The monoisotopic (exact) mass is 313 g/mol. The number of ether oxygens (including phenoxy) is 1. The number of amides is 1. The smallest absolute Gasteiger partial charge is 0.258 e. The van der Waals surface area contributed by atoms with Gasteiger partial charge in [-0.15, -0.1) is 11.8 Å². The topological polar surface area (TPSA) is 38.3 Å².